The van der Waals surface area contributed by atoms with Crippen LogP contribution in [0.4, 0.5) is 0 Å². The van der Waals surface area contributed by atoms with Gasteiger partial charge in [0.05, 0.1) is 5.71 Å². The van der Waals surface area contributed by atoms with Crippen molar-refractivity contribution in [1.29, 1.82) is 0 Å². The Labute approximate surface area is 72.1 Å². The van der Waals surface area contributed by atoms with Gasteiger partial charge in [-0.3, -0.25) is 0 Å². The van der Waals surface area contributed by atoms with Crippen LogP contribution in [-0.4, -0.2) is 5.71 Å². The highest BCUT2D eigenvalue weighted by atomic mass is 15.1. The molecule has 1 aliphatic rings. The molecule has 0 aliphatic heterocycles. The van der Waals surface area contributed by atoms with Gasteiger partial charge in [0, 0.05) is 11.5 Å². The van der Waals surface area contributed by atoms with Gasteiger partial charge in [-0.1, -0.05) is 31.2 Å². The van der Waals surface area contributed by atoms with E-state index in [4.69, 9.17) is 5.84 Å². The summed E-state index contributed by atoms with van der Waals surface area (Å²) in [5.74, 6) is 5.81. The van der Waals surface area contributed by atoms with Crippen LogP contribution in [0.25, 0.3) is 0 Å². The number of benzene rings is 1. The molecule has 0 radical (unpaired) electrons. The van der Waals surface area contributed by atoms with E-state index in [1.54, 1.807) is 0 Å². The lowest BCUT2D eigenvalue weighted by atomic mass is 10.1. The smallest absolute Gasteiger partial charge is 0.0706 e. The minimum absolute atomic E-state index is 0.479. The first kappa shape index (κ1) is 7.35. The quantitative estimate of drug-likeness (QED) is 0.453. The minimum Gasteiger partial charge on any atom is -0.323 e. The first-order chi connectivity index (χ1) is 5.83. The number of hydrazone groups is 1. The van der Waals surface area contributed by atoms with Crippen LogP contribution < -0.4 is 5.84 Å². The molecule has 1 aromatic rings. The van der Waals surface area contributed by atoms with E-state index in [0.717, 1.165) is 12.1 Å². The van der Waals surface area contributed by atoms with Crippen molar-refractivity contribution in [2.24, 2.45) is 16.9 Å². The highest BCUT2D eigenvalue weighted by Crippen LogP contribution is 2.26. The zero-order valence-electron chi connectivity index (χ0n) is 7.12. The van der Waals surface area contributed by atoms with Gasteiger partial charge in [-0.2, -0.15) is 5.10 Å². The van der Waals surface area contributed by atoms with Gasteiger partial charge in [0.25, 0.3) is 0 Å². The number of nitrogens with zero attached hydrogens (tertiary/aromatic N) is 1. The summed E-state index contributed by atoms with van der Waals surface area (Å²) in [5.41, 5.74) is 3.65. The van der Waals surface area contributed by atoms with Crippen molar-refractivity contribution >= 4 is 5.71 Å². The molecule has 2 nitrogen and oxygen atoms in total. The number of nitrogens with two attached hydrogens (primary N) is 1. The van der Waals surface area contributed by atoms with E-state index in [1.807, 2.05) is 6.07 Å². The van der Waals surface area contributed by atoms with Crippen LogP contribution in [0.15, 0.2) is 29.4 Å². The lowest BCUT2D eigenvalue weighted by molar-refractivity contribution is 0.796. The normalized spacial score (nSPS) is 24.4. The molecule has 2 rings (SSSR count). The van der Waals surface area contributed by atoms with Crippen molar-refractivity contribution in [2.45, 2.75) is 13.3 Å². The maximum atomic E-state index is 5.33. The molecule has 1 aliphatic carbocycles. The van der Waals surface area contributed by atoms with Crippen LogP contribution >= 0.6 is 0 Å². The van der Waals surface area contributed by atoms with Crippen LogP contribution in [0.3, 0.4) is 0 Å². The summed E-state index contributed by atoms with van der Waals surface area (Å²) < 4.78 is 0. The molecule has 0 heterocycles. The summed E-state index contributed by atoms with van der Waals surface area (Å²) in [7, 11) is 0. The van der Waals surface area contributed by atoms with Crippen LogP contribution in [0.2, 0.25) is 0 Å². The van der Waals surface area contributed by atoms with Gasteiger partial charge in [0.1, 0.15) is 0 Å². The Morgan fingerprint density at radius 3 is 2.92 bits per heavy atom. The third kappa shape index (κ3) is 0.916. The van der Waals surface area contributed by atoms with E-state index < -0.39 is 0 Å². The van der Waals surface area contributed by atoms with Gasteiger partial charge in [-0.05, 0) is 12.0 Å². The lowest BCUT2D eigenvalue weighted by Gasteiger charge is -2.00. The zero-order chi connectivity index (χ0) is 8.55. The second-order valence-corrected chi connectivity index (χ2v) is 3.28. The SMILES string of the molecule is CC1Cc2ccccc2/C1=N\N. The number of rotatable bonds is 0. The molecule has 0 fully saturated rings. The summed E-state index contributed by atoms with van der Waals surface area (Å²) in [6.07, 6.45) is 1.08. The van der Waals surface area contributed by atoms with E-state index >= 15 is 0 Å². The molecule has 0 saturated heterocycles. The molecule has 0 amide bonds. The van der Waals surface area contributed by atoms with Gasteiger partial charge in [0.15, 0.2) is 0 Å². The van der Waals surface area contributed by atoms with Crippen molar-refractivity contribution in [2.75, 3.05) is 0 Å². The fraction of sp³-hybridized carbons (Fsp3) is 0.300. The van der Waals surface area contributed by atoms with E-state index in [0.29, 0.717) is 5.92 Å². The van der Waals surface area contributed by atoms with Crippen LogP contribution in [0.1, 0.15) is 18.1 Å². The van der Waals surface area contributed by atoms with Crippen molar-refractivity contribution in [3.8, 4) is 0 Å². The first-order valence-electron chi connectivity index (χ1n) is 4.19. The average molecular weight is 160 g/mol. The Bertz CT molecular complexity index is 328. The predicted octanol–water partition coefficient (Wildman–Crippen LogP) is 1.54. The Kier molecular flexibility index (Phi) is 1.61. The predicted molar refractivity (Wildman–Crippen MR) is 50.0 cm³/mol. The van der Waals surface area contributed by atoms with Gasteiger partial charge >= 0.3 is 0 Å². The number of hydrogen-bond acceptors (Lipinski definition) is 2. The Balaban J connectivity index is 2.55. The number of hydrogen-bond donors (Lipinski definition) is 1. The summed E-state index contributed by atoms with van der Waals surface area (Å²) in [4.78, 5) is 0. The van der Waals surface area contributed by atoms with Gasteiger partial charge < -0.3 is 5.84 Å². The molecule has 0 bridgehead atoms. The van der Waals surface area contributed by atoms with Crippen molar-refractivity contribution < 1.29 is 0 Å². The van der Waals surface area contributed by atoms with Crippen molar-refractivity contribution in [3.63, 3.8) is 0 Å². The van der Waals surface area contributed by atoms with Gasteiger partial charge in [-0.25, -0.2) is 0 Å². The molecule has 1 atom stereocenters. The molecule has 0 aromatic heterocycles. The summed E-state index contributed by atoms with van der Waals surface area (Å²) in [6, 6.07) is 8.32. The fourth-order valence-corrected chi connectivity index (χ4v) is 1.84. The maximum absolute atomic E-state index is 5.33. The molecule has 62 valence electrons. The van der Waals surface area contributed by atoms with E-state index in [-0.39, 0.29) is 0 Å². The number of fused-ring (bicyclic) bond motifs is 1. The Morgan fingerprint density at radius 2 is 2.17 bits per heavy atom. The highest BCUT2D eigenvalue weighted by Gasteiger charge is 2.23. The second-order valence-electron chi connectivity index (χ2n) is 3.28. The molecule has 1 unspecified atom stereocenters. The van der Waals surface area contributed by atoms with Crippen LogP contribution in [0, 0.1) is 5.92 Å². The molecular formula is C10H12N2. The Hall–Kier alpha value is -1.31. The second kappa shape index (κ2) is 2.63. The molecule has 12 heavy (non-hydrogen) atoms. The third-order valence-electron chi connectivity index (χ3n) is 2.43. The third-order valence-corrected chi connectivity index (χ3v) is 2.43. The summed E-state index contributed by atoms with van der Waals surface area (Å²) in [5, 5.41) is 3.83. The highest BCUT2D eigenvalue weighted by molar-refractivity contribution is 6.05. The largest absolute Gasteiger partial charge is 0.323 e. The van der Waals surface area contributed by atoms with Gasteiger partial charge in [0.2, 0.25) is 0 Å². The topological polar surface area (TPSA) is 38.4 Å². The average Bonchev–Trinajstić information content (AvgIpc) is 2.40. The molecule has 2 heteroatoms. The standard InChI is InChI=1S/C10H12N2/c1-7-6-8-4-2-3-5-9(8)10(7)12-11/h2-5,7H,6,11H2,1H3/b12-10-. The van der Waals surface area contributed by atoms with Crippen molar-refractivity contribution in [1.82, 2.24) is 0 Å². The lowest BCUT2D eigenvalue weighted by Crippen LogP contribution is -2.08. The molecule has 2 N–H and O–H groups in total. The molecule has 0 saturated carbocycles. The minimum atomic E-state index is 0.479. The molecule has 0 spiro atoms. The Morgan fingerprint density at radius 1 is 1.42 bits per heavy atom. The zero-order valence-corrected chi connectivity index (χ0v) is 7.12. The molecular weight excluding hydrogens is 148 g/mol. The van der Waals surface area contributed by atoms with Crippen LogP contribution in [0.5, 0.6) is 0 Å². The van der Waals surface area contributed by atoms with Crippen LogP contribution in [-0.2, 0) is 6.42 Å². The summed E-state index contributed by atoms with van der Waals surface area (Å²) in [6.45, 7) is 2.16. The fourth-order valence-electron chi connectivity index (χ4n) is 1.84. The maximum Gasteiger partial charge on any atom is 0.0706 e. The summed E-state index contributed by atoms with van der Waals surface area (Å²) >= 11 is 0. The first-order valence-corrected chi connectivity index (χ1v) is 4.19. The van der Waals surface area contributed by atoms with E-state index in [2.05, 4.69) is 30.2 Å². The van der Waals surface area contributed by atoms with Gasteiger partial charge in [-0.15, -0.1) is 0 Å². The monoisotopic (exact) mass is 160 g/mol. The van der Waals surface area contributed by atoms with E-state index in [1.165, 1.54) is 11.1 Å². The van der Waals surface area contributed by atoms with E-state index in [9.17, 15) is 0 Å². The molecule has 1 aromatic carbocycles. The van der Waals surface area contributed by atoms with Crippen molar-refractivity contribution in [3.05, 3.63) is 35.4 Å².